The summed E-state index contributed by atoms with van der Waals surface area (Å²) in [5.74, 6) is 0. The molecule has 0 aliphatic heterocycles. The van der Waals surface area contributed by atoms with Crippen LogP contribution < -0.4 is 0 Å². The fraction of sp³-hybridized carbons (Fsp3) is 0. The minimum absolute atomic E-state index is 0.0462. The summed E-state index contributed by atoms with van der Waals surface area (Å²) in [4.78, 5) is 10.2. The summed E-state index contributed by atoms with van der Waals surface area (Å²) in [5, 5.41) is 11.1. The highest BCUT2D eigenvalue weighted by atomic mass is 35.5. The molecule has 5 nitrogen and oxygen atoms in total. The zero-order valence-electron chi connectivity index (χ0n) is 9.41. The van der Waals surface area contributed by atoms with Gasteiger partial charge in [-0.3, -0.25) is 14.3 Å². The van der Waals surface area contributed by atoms with E-state index in [0.717, 1.165) is 0 Å². The average Bonchev–Trinajstić information content (AvgIpc) is 2.38. The van der Waals surface area contributed by atoms with Gasteiger partial charge in [0.1, 0.15) is 0 Å². The Kier molecular flexibility index (Phi) is 3.94. The van der Waals surface area contributed by atoms with Gasteiger partial charge in [0.25, 0.3) is 5.69 Å². The van der Waals surface area contributed by atoms with Crippen molar-refractivity contribution in [3.8, 4) is 11.1 Å². The molecule has 2 aromatic rings. The van der Waals surface area contributed by atoms with Crippen LogP contribution in [0.1, 0.15) is 0 Å². The van der Waals surface area contributed by atoms with E-state index in [1.807, 2.05) is 0 Å². The largest absolute Gasteiger partial charge is 0.768 e. The molecular formula is C12H7ClNO4S-. The molecule has 0 aliphatic carbocycles. The molecule has 1 atom stereocenters. The SMILES string of the molecule is O=[N+]([O-])c1cccc(-c2cc(Cl)ccc2S(=O)[O-])c1. The Morgan fingerprint density at radius 2 is 1.89 bits per heavy atom. The predicted octanol–water partition coefficient (Wildman–Crippen LogP) is 3.15. The lowest BCUT2D eigenvalue weighted by atomic mass is 10.1. The van der Waals surface area contributed by atoms with Gasteiger partial charge < -0.3 is 4.55 Å². The van der Waals surface area contributed by atoms with Gasteiger partial charge in [0.15, 0.2) is 0 Å². The summed E-state index contributed by atoms with van der Waals surface area (Å²) in [5.41, 5.74) is 0.653. The number of nitro groups is 1. The molecule has 0 bridgehead atoms. The lowest BCUT2D eigenvalue weighted by molar-refractivity contribution is -0.384. The van der Waals surface area contributed by atoms with Crippen molar-refractivity contribution in [1.82, 2.24) is 0 Å². The number of nitro benzene ring substituents is 1. The first-order chi connectivity index (χ1) is 8.99. The van der Waals surface area contributed by atoms with E-state index < -0.39 is 16.0 Å². The Balaban J connectivity index is 2.64. The minimum atomic E-state index is -2.45. The van der Waals surface area contributed by atoms with E-state index in [0.29, 0.717) is 16.1 Å². The van der Waals surface area contributed by atoms with Gasteiger partial charge in [-0.2, -0.15) is 0 Å². The van der Waals surface area contributed by atoms with Crippen molar-refractivity contribution in [2.75, 3.05) is 0 Å². The maximum Gasteiger partial charge on any atom is 0.270 e. The third kappa shape index (κ3) is 2.98. The summed E-state index contributed by atoms with van der Waals surface area (Å²) in [6.45, 7) is 0. The molecule has 0 aromatic heterocycles. The lowest BCUT2D eigenvalue weighted by Gasteiger charge is -2.12. The second kappa shape index (κ2) is 5.48. The smallest absolute Gasteiger partial charge is 0.270 e. The van der Waals surface area contributed by atoms with E-state index >= 15 is 0 Å². The molecule has 2 rings (SSSR count). The van der Waals surface area contributed by atoms with Crippen molar-refractivity contribution in [3.05, 3.63) is 57.6 Å². The predicted molar refractivity (Wildman–Crippen MR) is 70.7 cm³/mol. The van der Waals surface area contributed by atoms with Crippen LogP contribution in [-0.2, 0) is 11.1 Å². The third-order valence-corrected chi connectivity index (χ3v) is 3.44. The van der Waals surface area contributed by atoms with Gasteiger partial charge >= 0.3 is 0 Å². The van der Waals surface area contributed by atoms with Crippen molar-refractivity contribution >= 4 is 28.4 Å². The highest BCUT2D eigenvalue weighted by Crippen LogP contribution is 2.30. The molecule has 0 amide bonds. The van der Waals surface area contributed by atoms with Crippen molar-refractivity contribution in [3.63, 3.8) is 0 Å². The highest BCUT2D eigenvalue weighted by Gasteiger charge is 2.11. The molecule has 0 saturated carbocycles. The van der Waals surface area contributed by atoms with Gasteiger partial charge in [-0.15, -0.1) is 0 Å². The van der Waals surface area contributed by atoms with Gasteiger partial charge in [-0.05, 0) is 40.4 Å². The molecule has 1 unspecified atom stereocenters. The quantitative estimate of drug-likeness (QED) is 0.495. The number of non-ortho nitro benzene ring substituents is 1. The normalized spacial score (nSPS) is 12.1. The van der Waals surface area contributed by atoms with Gasteiger partial charge in [0.05, 0.1) is 4.92 Å². The van der Waals surface area contributed by atoms with Crippen LogP contribution in [-0.4, -0.2) is 13.7 Å². The van der Waals surface area contributed by atoms with Crippen LogP contribution in [0.5, 0.6) is 0 Å². The second-order valence-corrected chi connectivity index (χ2v) is 5.03. The number of hydrogen-bond donors (Lipinski definition) is 0. The molecule has 7 heteroatoms. The second-order valence-electron chi connectivity index (χ2n) is 3.68. The third-order valence-electron chi connectivity index (χ3n) is 2.49. The molecule has 0 aliphatic rings. The Labute approximate surface area is 116 Å². The van der Waals surface area contributed by atoms with Gasteiger partial charge in [-0.25, -0.2) is 0 Å². The average molecular weight is 297 g/mol. The fourth-order valence-electron chi connectivity index (χ4n) is 1.66. The van der Waals surface area contributed by atoms with Crippen LogP contribution >= 0.6 is 11.6 Å². The Bertz CT molecular complexity index is 675. The Morgan fingerprint density at radius 1 is 1.16 bits per heavy atom. The molecule has 2 aromatic carbocycles. The van der Waals surface area contributed by atoms with Crippen molar-refractivity contribution in [2.45, 2.75) is 4.90 Å². The molecule has 0 heterocycles. The number of benzene rings is 2. The highest BCUT2D eigenvalue weighted by molar-refractivity contribution is 7.79. The van der Waals surface area contributed by atoms with Gasteiger partial charge in [-0.1, -0.05) is 23.7 Å². The molecule has 0 N–H and O–H groups in total. The first-order valence-corrected chi connectivity index (χ1v) is 6.58. The van der Waals surface area contributed by atoms with Crippen molar-refractivity contribution < 1.29 is 13.7 Å². The minimum Gasteiger partial charge on any atom is -0.768 e. The molecule has 19 heavy (non-hydrogen) atoms. The van der Waals surface area contributed by atoms with Gasteiger partial charge in [0.2, 0.25) is 0 Å². The summed E-state index contributed by atoms with van der Waals surface area (Å²) in [6.07, 6.45) is 0. The Hall–Kier alpha value is -1.76. The van der Waals surface area contributed by atoms with Gasteiger partial charge in [0, 0.05) is 22.1 Å². The van der Waals surface area contributed by atoms with Crippen molar-refractivity contribution in [1.29, 1.82) is 0 Å². The van der Waals surface area contributed by atoms with Crippen LogP contribution in [0.4, 0.5) is 5.69 Å². The maximum absolute atomic E-state index is 11.1. The fourth-order valence-corrected chi connectivity index (χ4v) is 2.37. The molecule has 0 fully saturated rings. The first kappa shape index (κ1) is 13.7. The zero-order valence-corrected chi connectivity index (χ0v) is 11.0. The molecular weight excluding hydrogens is 290 g/mol. The maximum atomic E-state index is 11.1. The number of nitrogens with zero attached hydrogens (tertiary/aromatic N) is 1. The van der Waals surface area contributed by atoms with Crippen LogP contribution in [0.25, 0.3) is 11.1 Å². The van der Waals surface area contributed by atoms with E-state index in [-0.39, 0.29) is 10.6 Å². The first-order valence-electron chi connectivity index (χ1n) is 5.12. The summed E-state index contributed by atoms with van der Waals surface area (Å²) in [7, 11) is 0. The van der Waals surface area contributed by atoms with E-state index in [2.05, 4.69) is 0 Å². The Morgan fingerprint density at radius 3 is 2.53 bits per heavy atom. The molecule has 0 radical (unpaired) electrons. The number of halogens is 1. The zero-order chi connectivity index (χ0) is 14.0. The van der Waals surface area contributed by atoms with Crippen LogP contribution in [0.2, 0.25) is 5.02 Å². The van der Waals surface area contributed by atoms with Crippen LogP contribution in [0.3, 0.4) is 0 Å². The topological polar surface area (TPSA) is 83.3 Å². The summed E-state index contributed by atoms with van der Waals surface area (Å²) < 4.78 is 22.3. The van der Waals surface area contributed by atoms with E-state index in [4.69, 9.17) is 11.6 Å². The monoisotopic (exact) mass is 296 g/mol. The molecule has 0 saturated heterocycles. The standard InChI is InChI=1S/C12H8ClNO4S/c13-9-4-5-12(19(17)18)11(7-9)8-2-1-3-10(6-8)14(15)16/h1-7H,(H,17,18)/p-1. The van der Waals surface area contributed by atoms with Crippen LogP contribution in [0, 0.1) is 10.1 Å². The summed E-state index contributed by atoms with van der Waals surface area (Å²) in [6, 6.07) is 10.0. The van der Waals surface area contributed by atoms with E-state index in [9.17, 15) is 18.9 Å². The van der Waals surface area contributed by atoms with E-state index in [1.165, 1.54) is 36.4 Å². The lowest BCUT2D eigenvalue weighted by Crippen LogP contribution is -1.94. The molecule has 0 spiro atoms. The van der Waals surface area contributed by atoms with Crippen molar-refractivity contribution in [2.24, 2.45) is 0 Å². The summed E-state index contributed by atoms with van der Waals surface area (Å²) >= 11 is 3.39. The number of hydrogen-bond acceptors (Lipinski definition) is 4. The van der Waals surface area contributed by atoms with Crippen LogP contribution in [0.15, 0.2) is 47.4 Å². The van der Waals surface area contributed by atoms with E-state index in [1.54, 1.807) is 6.07 Å². The molecule has 98 valence electrons. The number of rotatable bonds is 3.